The second-order valence-corrected chi connectivity index (χ2v) is 5.59. The Bertz CT molecular complexity index is 556. The van der Waals surface area contributed by atoms with Crippen LogP contribution in [0.25, 0.3) is 11.6 Å². The van der Waals surface area contributed by atoms with Gasteiger partial charge in [0.1, 0.15) is 10.4 Å². The molecule has 90 valence electrons. The molecule has 0 fully saturated rings. The van der Waals surface area contributed by atoms with Crippen LogP contribution in [0, 0.1) is 12.8 Å². The van der Waals surface area contributed by atoms with Crippen molar-refractivity contribution in [1.82, 2.24) is 9.55 Å². The van der Waals surface area contributed by atoms with Gasteiger partial charge in [0.2, 0.25) is 0 Å². The lowest BCUT2D eigenvalue weighted by Crippen LogP contribution is -2.18. The highest BCUT2D eigenvalue weighted by molar-refractivity contribution is 9.10. The van der Waals surface area contributed by atoms with E-state index in [0.29, 0.717) is 5.92 Å². The summed E-state index contributed by atoms with van der Waals surface area (Å²) in [7, 11) is 0. The van der Waals surface area contributed by atoms with Crippen LogP contribution in [0.2, 0.25) is 0 Å². The van der Waals surface area contributed by atoms with Gasteiger partial charge in [-0.1, -0.05) is 6.92 Å². The number of aryl methyl sites for hydroxylation is 1. The van der Waals surface area contributed by atoms with Crippen molar-refractivity contribution in [3.63, 3.8) is 0 Å². The smallest absolute Gasteiger partial charge is 0.177 e. The van der Waals surface area contributed by atoms with Gasteiger partial charge in [-0.15, -0.1) is 0 Å². The number of aromatic nitrogens is 2. The summed E-state index contributed by atoms with van der Waals surface area (Å²) in [5.41, 5.74) is 1.30. The SMILES string of the molecule is Cc1ccc(-c2nc(Br)c3n2CC(C)CC3)o1. The second kappa shape index (κ2) is 4.02. The van der Waals surface area contributed by atoms with Gasteiger partial charge in [-0.05, 0) is 53.7 Å². The summed E-state index contributed by atoms with van der Waals surface area (Å²) in [6.07, 6.45) is 2.33. The van der Waals surface area contributed by atoms with Gasteiger partial charge >= 0.3 is 0 Å². The van der Waals surface area contributed by atoms with E-state index in [1.165, 1.54) is 12.1 Å². The summed E-state index contributed by atoms with van der Waals surface area (Å²) in [5, 5.41) is 0. The van der Waals surface area contributed by atoms with Gasteiger partial charge in [0.25, 0.3) is 0 Å². The zero-order chi connectivity index (χ0) is 12.0. The maximum Gasteiger partial charge on any atom is 0.177 e. The molecule has 0 aliphatic carbocycles. The minimum Gasteiger partial charge on any atom is -0.458 e. The molecule has 2 aromatic heterocycles. The molecule has 1 aliphatic rings. The molecule has 0 bridgehead atoms. The zero-order valence-corrected chi connectivity index (χ0v) is 11.6. The lowest BCUT2D eigenvalue weighted by molar-refractivity contribution is 0.398. The van der Waals surface area contributed by atoms with Crippen molar-refractivity contribution in [3.8, 4) is 11.6 Å². The molecule has 0 amide bonds. The predicted molar refractivity (Wildman–Crippen MR) is 69.9 cm³/mol. The molecular weight excluding hydrogens is 280 g/mol. The molecule has 0 spiro atoms. The Kier molecular flexibility index (Phi) is 2.62. The Morgan fingerprint density at radius 3 is 3.00 bits per heavy atom. The van der Waals surface area contributed by atoms with Crippen LogP contribution in [0.5, 0.6) is 0 Å². The van der Waals surface area contributed by atoms with E-state index < -0.39 is 0 Å². The third-order valence-corrected chi connectivity index (χ3v) is 3.99. The highest BCUT2D eigenvalue weighted by Gasteiger charge is 2.24. The Morgan fingerprint density at radius 2 is 2.29 bits per heavy atom. The average Bonchev–Trinajstić information content (AvgIpc) is 2.83. The Balaban J connectivity index is 2.12. The van der Waals surface area contributed by atoms with Crippen LogP contribution in [0.3, 0.4) is 0 Å². The Labute approximate surface area is 109 Å². The summed E-state index contributed by atoms with van der Waals surface area (Å²) in [6, 6.07) is 3.98. The Hall–Kier alpha value is -1.03. The first kappa shape index (κ1) is 11.1. The number of furan rings is 1. The molecule has 3 heterocycles. The average molecular weight is 295 g/mol. The van der Waals surface area contributed by atoms with Crippen molar-refractivity contribution >= 4 is 15.9 Å². The van der Waals surface area contributed by atoms with Gasteiger partial charge in [-0.25, -0.2) is 4.98 Å². The second-order valence-electron chi connectivity index (χ2n) is 4.84. The van der Waals surface area contributed by atoms with Gasteiger partial charge in [0.05, 0.1) is 5.69 Å². The molecule has 4 heteroatoms. The summed E-state index contributed by atoms with van der Waals surface area (Å²) in [6.45, 7) is 5.28. The third kappa shape index (κ3) is 1.84. The van der Waals surface area contributed by atoms with Crippen LogP contribution in [0.15, 0.2) is 21.2 Å². The molecule has 0 aromatic carbocycles. The molecular formula is C13H15BrN2O. The van der Waals surface area contributed by atoms with Gasteiger partial charge in [0, 0.05) is 6.54 Å². The molecule has 3 rings (SSSR count). The lowest BCUT2D eigenvalue weighted by atomic mass is 10.0. The van der Waals surface area contributed by atoms with E-state index in [0.717, 1.165) is 34.9 Å². The van der Waals surface area contributed by atoms with Crippen LogP contribution in [-0.4, -0.2) is 9.55 Å². The van der Waals surface area contributed by atoms with Crippen molar-refractivity contribution < 1.29 is 4.42 Å². The molecule has 0 radical (unpaired) electrons. The first-order valence-corrected chi connectivity index (χ1v) is 6.76. The fourth-order valence-corrected chi connectivity index (χ4v) is 3.00. The minimum atomic E-state index is 0.707. The van der Waals surface area contributed by atoms with E-state index in [9.17, 15) is 0 Å². The van der Waals surface area contributed by atoms with E-state index in [1.54, 1.807) is 0 Å². The number of hydrogen-bond acceptors (Lipinski definition) is 2. The van der Waals surface area contributed by atoms with E-state index >= 15 is 0 Å². The number of fused-ring (bicyclic) bond motifs is 1. The highest BCUT2D eigenvalue weighted by atomic mass is 79.9. The summed E-state index contributed by atoms with van der Waals surface area (Å²) >= 11 is 3.55. The number of halogens is 1. The predicted octanol–water partition coefficient (Wildman–Crippen LogP) is 3.80. The monoisotopic (exact) mass is 294 g/mol. The van der Waals surface area contributed by atoms with Crippen molar-refractivity contribution in [2.45, 2.75) is 33.2 Å². The van der Waals surface area contributed by atoms with Crippen molar-refractivity contribution in [1.29, 1.82) is 0 Å². The Morgan fingerprint density at radius 1 is 1.47 bits per heavy atom. The molecule has 0 N–H and O–H groups in total. The first-order valence-electron chi connectivity index (χ1n) is 5.97. The van der Waals surface area contributed by atoms with Crippen LogP contribution in [-0.2, 0) is 13.0 Å². The van der Waals surface area contributed by atoms with Crippen molar-refractivity contribution in [2.75, 3.05) is 0 Å². The highest BCUT2D eigenvalue weighted by Crippen LogP contribution is 2.32. The molecule has 17 heavy (non-hydrogen) atoms. The van der Waals surface area contributed by atoms with Crippen LogP contribution < -0.4 is 0 Å². The molecule has 1 atom stereocenters. The fraction of sp³-hybridized carbons (Fsp3) is 0.462. The topological polar surface area (TPSA) is 31.0 Å². The molecule has 0 saturated carbocycles. The standard InChI is InChI=1S/C13H15BrN2O/c1-8-3-5-10-12(14)15-13(16(10)7-8)11-6-4-9(2)17-11/h4,6,8H,3,5,7H2,1-2H3. The molecule has 1 unspecified atom stereocenters. The van der Waals surface area contributed by atoms with Gasteiger partial charge < -0.3 is 8.98 Å². The molecule has 1 aliphatic heterocycles. The third-order valence-electron chi connectivity index (χ3n) is 3.35. The number of imidazole rings is 1. The van der Waals surface area contributed by atoms with Crippen LogP contribution in [0.4, 0.5) is 0 Å². The number of rotatable bonds is 1. The van der Waals surface area contributed by atoms with Gasteiger partial charge in [-0.3, -0.25) is 0 Å². The first-order chi connectivity index (χ1) is 8.15. The fourth-order valence-electron chi connectivity index (χ4n) is 2.42. The van der Waals surface area contributed by atoms with Gasteiger partial charge in [0.15, 0.2) is 11.6 Å². The molecule has 3 nitrogen and oxygen atoms in total. The quantitative estimate of drug-likeness (QED) is 0.801. The minimum absolute atomic E-state index is 0.707. The van der Waals surface area contributed by atoms with E-state index in [2.05, 4.69) is 32.4 Å². The largest absolute Gasteiger partial charge is 0.458 e. The molecule has 0 saturated heterocycles. The maximum atomic E-state index is 5.68. The van der Waals surface area contributed by atoms with E-state index in [4.69, 9.17) is 4.42 Å². The van der Waals surface area contributed by atoms with Crippen LogP contribution >= 0.6 is 15.9 Å². The summed E-state index contributed by atoms with van der Waals surface area (Å²) in [4.78, 5) is 4.60. The maximum absolute atomic E-state index is 5.68. The van der Waals surface area contributed by atoms with E-state index in [1.807, 2.05) is 19.1 Å². The molecule has 2 aromatic rings. The summed E-state index contributed by atoms with van der Waals surface area (Å²) in [5.74, 6) is 3.45. The lowest BCUT2D eigenvalue weighted by Gasteiger charge is -2.22. The number of hydrogen-bond donors (Lipinski definition) is 0. The zero-order valence-electron chi connectivity index (χ0n) is 10.0. The van der Waals surface area contributed by atoms with Crippen molar-refractivity contribution in [2.24, 2.45) is 5.92 Å². The van der Waals surface area contributed by atoms with Gasteiger partial charge in [-0.2, -0.15) is 0 Å². The van der Waals surface area contributed by atoms with E-state index in [-0.39, 0.29) is 0 Å². The van der Waals surface area contributed by atoms with Crippen LogP contribution in [0.1, 0.15) is 24.8 Å². The van der Waals surface area contributed by atoms with Crippen molar-refractivity contribution in [3.05, 3.63) is 28.2 Å². The summed E-state index contributed by atoms with van der Waals surface area (Å²) < 4.78 is 8.93. The number of nitrogens with zero attached hydrogens (tertiary/aromatic N) is 2. The normalized spacial score (nSPS) is 19.4.